The van der Waals surface area contributed by atoms with Crippen molar-refractivity contribution in [3.05, 3.63) is 30.1 Å². The highest BCUT2D eigenvalue weighted by atomic mass is 16.5. The second-order valence-electron chi connectivity index (χ2n) is 4.93. The number of hydrogen-bond acceptors (Lipinski definition) is 5. The molecule has 2 aromatic rings. The molecular weight excluding hydrogens is 242 g/mol. The molecule has 1 aromatic heterocycles. The molecule has 1 aliphatic rings. The van der Waals surface area contributed by atoms with Crippen molar-refractivity contribution in [2.24, 2.45) is 0 Å². The third-order valence-electron chi connectivity index (χ3n) is 3.60. The average molecular weight is 259 g/mol. The summed E-state index contributed by atoms with van der Waals surface area (Å²) in [6.07, 6.45) is 4.13. The standard InChI is InChI=1S/C13H17N5O/c1-9-3-4-10(15-11-5-12(6-11)19-2)7-13(9)18-8-14-16-17-18/h3-4,7-8,11-12,15H,5-6H2,1-2H3. The molecule has 0 unspecified atom stereocenters. The van der Waals surface area contributed by atoms with Gasteiger partial charge in [0.15, 0.2) is 0 Å². The molecule has 1 N–H and O–H groups in total. The molecule has 0 amide bonds. The molecule has 0 saturated heterocycles. The van der Waals surface area contributed by atoms with Gasteiger partial charge in [0, 0.05) is 18.8 Å². The van der Waals surface area contributed by atoms with Gasteiger partial charge < -0.3 is 10.1 Å². The zero-order chi connectivity index (χ0) is 13.2. The molecule has 1 saturated carbocycles. The largest absolute Gasteiger partial charge is 0.382 e. The first kappa shape index (κ1) is 12.1. The van der Waals surface area contributed by atoms with E-state index in [-0.39, 0.29) is 0 Å². The lowest BCUT2D eigenvalue weighted by Gasteiger charge is -2.35. The van der Waals surface area contributed by atoms with Crippen LogP contribution in [0.4, 0.5) is 5.69 Å². The van der Waals surface area contributed by atoms with E-state index in [2.05, 4.69) is 39.0 Å². The Balaban J connectivity index is 1.75. The van der Waals surface area contributed by atoms with Gasteiger partial charge >= 0.3 is 0 Å². The summed E-state index contributed by atoms with van der Waals surface area (Å²) in [5, 5.41) is 14.8. The lowest BCUT2D eigenvalue weighted by molar-refractivity contribution is 0.0329. The van der Waals surface area contributed by atoms with E-state index in [1.54, 1.807) is 18.1 Å². The molecule has 0 aliphatic heterocycles. The maximum Gasteiger partial charge on any atom is 0.143 e. The number of benzene rings is 1. The first-order valence-electron chi connectivity index (χ1n) is 6.39. The quantitative estimate of drug-likeness (QED) is 0.902. The highest BCUT2D eigenvalue weighted by Crippen LogP contribution is 2.27. The van der Waals surface area contributed by atoms with Crippen molar-refractivity contribution in [1.82, 2.24) is 20.2 Å². The Morgan fingerprint density at radius 1 is 1.37 bits per heavy atom. The molecule has 0 atom stereocenters. The van der Waals surface area contributed by atoms with Gasteiger partial charge in [-0.3, -0.25) is 0 Å². The van der Waals surface area contributed by atoms with Crippen LogP contribution < -0.4 is 5.32 Å². The van der Waals surface area contributed by atoms with Gasteiger partial charge in [-0.2, -0.15) is 0 Å². The maximum absolute atomic E-state index is 5.29. The summed E-state index contributed by atoms with van der Waals surface area (Å²) in [6, 6.07) is 6.73. The number of hydrogen-bond donors (Lipinski definition) is 1. The minimum Gasteiger partial charge on any atom is -0.382 e. The summed E-state index contributed by atoms with van der Waals surface area (Å²) in [7, 11) is 1.77. The summed E-state index contributed by atoms with van der Waals surface area (Å²) in [5.74, 6) is 0. The molecule has 3 rings (SSSR count). The molecule has 6 nitrogen and oxygen atoms in total. The summed E-state index contributed by atoms with van der Waals surface area (Å²) >= 11 is 0. The van der Waals surface area contributed by atoms with Crippen LogP contribution in [0.5, 0.6) is 0 Å². The van der Waals surface area contributed by atoms with Gasteiger partial charge in [-0.15, -0.1) is 5.10 Å². The van der Waals surface area contributed by atoms with E-state index < -0.39 is 0 Å². The molecule has 0 spiro atoms. The van der Waals surface area contributed by atoms with Crippen molar-refractivity contribution < 1.29 is 4.74 Å². The normalized spacial score (nSPS) is 22.0. The summed E-state index contributed by atoms with van der Waals surface area (Å²) in [5.41, 5.74) is 3.23. The number of nitrogens with one attached hydrogen (secondary N) is 1. The van der Waals surface area contributed by atoms with Gasteiger partial charge in [0.2, 0.25) is 0 Å². The molecule has 1 aromatic carbocycles. The minimum absolute atomic E-state index is 0.405. The van der Waals surface area contributed by atoms with Crippen molar-refractivity contribution in [3.8, 4) is 5.69 Å². The molecule has 1 heterocycles. The molecule has 100 valence electrons. The van der Waals surface area contributed by atoms with Gasteiger partial charge in [-0.25, -0.2) is 4.68 Å². The number of nitrogens with zero attached hydrogens (tertiary/aromatic N) is 4. The third kappa shape index (κ3) is 2.44. The maximum atomic E-state index is 5.29. The van der Waals surface area contributed by atoms with E-state index in [0.29, 0.717) is 12.1 Å². The van der Waals surface area contributed by atoms with Crippen molar-refractivity contribution >= 4 is 5.69 Å². The number of ether oxygens (including phenoxy) is 1. The third-order valence-corrected chi connectivity index (χ3v) is 3.60. The number of rotatable bonds is 4. The highest BCUT2D eigenvalue weighted by molar-refractivity contribution is 5.55. The van der Waals surface area contributed by atoms with E-state index in [1.165, 1.54) is 0 Å². The molecule has 1 fully saturated rings. The molecule has 6 heteroatoms. The Morgan fingerprint density at radius 3 is 2.89 bits per heavy atom. The number of tetrazole rings is 1. The van der Waals surface area contributed by atoms with Gasteiger partial charge in [0.25, 0.3) is 0 Å². The average Bonchev–Trinajstić information content (AvgIpc) is 2.88. The van der Waals surface area contributed by atoms with Crippen molar-refractivity contribution in [3.63, 3.8) is 0 Å². The van der Waals surface area contributed by atoms with Gasteiger partial charge in [-0.1, -0.05) is 6.07 Å². The Morgan fingerprint density at radius 2 is 2.21 bits per heavy atom. The first-order valence-corrected chi connectivity index (χ1v) is 6.39. The number of methoxy groups -OCH3 is 1. The van der Waals surface area contributed by atoms with Crippen molar-refractivity contribution in [2.45, 2.75) is 31.9 Å². The fraction of sp³-hybridized carbons (Fsp3) is 0.462. The van der Waals surface area contributed by atoms with Gasteiger partial charge in [-0.05, 0) is 47.9 Å². The number of anilines is 1. The lowest BCUT2D eigenvalue weighted by Crippen LogP contribution is -2.40. The fourth-order valence-corrected chi connectivity index (χ4v) is 2.33. The second kappa shape index (κ2) is 4.97. The van der Waals surface area contributed by atoms with Crippen molar-refractivity contribution in [2.75, 3.05) is 12.4 Å². The summed E-state index contributed by atoms with van der Waals surface area (Å²) in [4.78, 5) is 0. The smallest absolute Gasteiger partial charge is 0.143 e. The molecule has 19 heavy (non-hydrogen) atoms. The van der Waals surface area contributed by atoms with Crippen LogP contribution in [-0.2, 0) is 4.74 Å². The summed E-state index contributed by atoms with van der Waals surface area (Å²) < 4.78 is 6.96. The Bertz CT molecular complexity index is 548. The van der Waals surface area contributed by atoms with E-state index in [1.807, 2.05) is 6.92 Å². The highest BCUT2D eigenvalue weighted by Gasteiger charge is 2.28. The topological polar surface area (TPSA) is 64.9 Å². The van der Waals surface area contributed by atoms with E-state index in [4.69, 9.17) is 4.74 Å². The van der Waals surface area contributed by atoms with Crippen LogP contribution in [0.1, 0.15) is 18.4 Å². The van der Waals surface area contributed by atoms with Crippen LogP contribution in [0.2, 0.25) is 0 Å². The van der Waals surface area contributed by atoms with Crippen LogP contribution in [-0.4, -0.2) is 39.5 Å². The van der Waals surface area contributed by atoms with Crippen LogP contribution in [0.15, 0.2) is 24.5 Å². The Hall–Kier alpha value is -1.95. The molecular formula is C13H17N5O. The van der Waals surface area contributed by atoms with E-state index >= 15 is 0 Å². The molecule has 1 aliphatic carbocycles. The van der Waals surface area contributed by atoms with Crippen molar-refractivity contribution in [1.29, 1.82) is 0 Å². The van der Waals surface area contributed by atoms with Crippen LogP contribution >= 0.6 is 0 Å². The van der Waals surface area contributed by atoms with E-state index in [9.17, 15) is 0 Å². The number of aryl methyl sites for hydroxylation is 1. The Labute approximate surface area is 111 Å². The zero-order valence-corrected chi connectivity index (χ0v) is 11.1. The van der Waals surface area contributed by atoms with Crippen LogP contribution in [0, 0.1) is 6.92 Å². The monoisotopic (exact) mass is 259 g/mol. The predicted octanol–water partition coefficient (Wildman–Crippen LogP) is 1.56. The first-order chi connectivity index (χ1) is 9.26. The molecule has 0 bridgehead atoms. The van der Waals surface area contributed by atoms with Gasteiger partial charge in [0.1, 0.15) is 6.33 Å². The predicted molar refractivity (Wildman–Crippen MR) is 71.3 cm³/mol. The van der Waals surface area contributed by atoms with Crippen LogP contribution in [0.3, 0.4) is 0 Å². The zero-order valence-electron chi connectivity index (χ0n) is 11.1. The summed E-state index contributed by atoms with van der Waals surface area (Å²) in [6.45, 7) is 2.05. The SMILES string of the molecule is COC1CC(Nc2ccc(C)c(-n3cnnn3)c2)C1. The molecule has 0 radical (unpaired) electrons. The van der Waals surface area contributed by atoms with Crippen LogP contribution in [0.25, 0.3) is 5.69 Å². The minimum atomic E-state index is 0.405. The van der Waals surface area contributed by atoms with E-state index in [0.717, 1.165) is 29.8 Å². The second-order valence-corrected chi connectivity index (χ2v) is 4.93. The van der Waals surface area contributed by atoms with Gasteiger partial charge in [0.05, 0.1) is 11.8 Å². The Kier molecular flexibility index (Phi) is 3.16. The lowest BCUT2D eigenvalue weighted by atomic mass is 9.89. The fourth-order valence-electron chi connectivity index (χ4n) is 2.33. The number of aromatic nitrogens is 4.